The van der Waals surface area contributed by atoms with E-state index in [0.717, 1.165) is 18.9 Å². The van der Waals surface area contributed by atoms with Gasteiger partial charge in [0.25, 0.3) is 0 Å². The van der Waals surface area contributed by atoms with E-state index in [1.165, 1.54) is 0 Å². The first-order chi connectivity index (χ1) is 5.66. The predicted octanol–water partition coefficient (Wildman–Crippen LogP) is -3.36. The van der Waals surface area contributed by atoms with E-state index < -0.39 is 11.9 Å². The second-order valence-corrected chi connectivity index (χ2v) is 2.17. The quantitative estimate of drug-likeness (QED) is 0.198. The third kappa shape index (κ3) is 11.7. The van der Waals surface area contributed by atoms with Gasteiger partial charge in [0.1, 0.15) is 0 Å². The molecule has 68 valence electrons. The van der Waals surface area contributed by atoms with Gasteiger partial charge in [0.05, 0.1) is 12.6 Å². The Morgan fingerprint density at radius 3 is 2.46 bits per heavy atom. The Morgan fingerprint density at radius 1 is 1.38 bits per heavy atom. The van der Waals surface area contributed by atoms with Crippen molar-refractivity contribution in [3.05, 3.63) is 12.2 Å². The average molecular weight is 194 g/mol. The summed E-state index contributed by atoms with van der Waals surface area (Å²) >= 11 is 0. The SMILES string of the molecule is CCCCOC(=O)C=CC(=O)[O-].[Na+]. The van der Waals surface area contributed by atoms with Crippen molar-refractivity contribution in [1.29, 1.82) is 0 Å². The van der Waals surface area contributed by atoms with E-state index in [-0.39, 0.29) is 29.6 Å². The number of unbranched alkanes of at least 4 members (excludes halogenated alkanes) is 1. The summed E-state index contributed by atoms with van der Waals surface area (Å²) in [5.41, 5.74) is 0. The van der Waals surface area contributed by atoms with Crippen molar-refractivity contribution in [2.45, 2.75) is 19.8 Å². The third-order valence-electron chi connectivity index (χ3n) is 1.10. The Labute approximate surface area is 99.2 Å². The molecule has 0 unspecified atom stereocenters. The van der Waals surface area contributed by atoms with Gasteiger partial charge in [-0.15, -0.1) is 0 Å². The summed E-state index contributed by atoms with van der Waals surface area (Å²) < 4.78 is 4.62. The van der Waals surface area contributed by atoms with Crippen molar-refractivity contribution in [2.24, 2.45) is 0 Å². The summed E-state index contributed by atoms with van der Waals surface area (Å²) in [6.45, 7) is 2.29. The molecule has 0 spiro atoms. The monoisotopic (exact) mass is 194 g/mol. The number of carboxylic acid groups (broad SMARTS) is 1. The Bertz CT molecular complexity index is 189. The number of hydrogen-bond acceptors (Lipinski definition) is 4. The van der Waals surface area contributed by atoms with Crippen LogP contribution in [0.1, 0.15) is 19.8 Å². The van der Waals surface area contributed by atoms with Gasteiger partial charge < -0.3 is 14.6 Å². The molecule has 0 aliphatic rings. The molecular formula is C8H11NaO4. The molecule has 0 rings (SSSR count). The summed E-state index contributed by atoms with van der Waals surface area (Å²) in [4.78, 5) is 20.5. The molecule has 13 heavy (non-hydrogen) atoms. The average Bonchev–Trinajstić information content (AvgIpc) is 2.01. The maximum atomic E-state index is 10.6. The minimum Gasteiger partial charge on any atom is -0.545 e. The molecule has 0 amide bonds. The van der Waals surface area contributed by atoms with Gasteiger partial charge in [-0.3, -0.25) is 0 Å². The Balaban J connectivity index is 0. The maximum absolute atomic E-state index is 10.6. The third-order valence-corrected chi connectivity index (χ3v) is 1.10. The van der Waals surface area contributed by atoms with Crippen LogP contribution in [-0.4, -0.2) is 18.5 Å². The van der Waals surface area contributed by atoms with E-state index >= 15 is 0 Å². The second-order valence-electron chi connectivity index (χ2n) is 2.17. The first-order valence-corrected chi connectivity index (χ1v) is 3.72. The van der Waals surface area contributed by atoms with Gasteiger partial charge in [0, 0.05) is 6.08 Å². The van der Waals surface area contributed by atoms with Crippen molar-refractivity contribution in [1.82, 2.24) is 0 Å². The van der Waals surface area contributed by atoms with E-state index in [0.29, 0.717) is 12.7 Å². The fourth-order valence-electron chi connectivity index (χ4n) is 0.501. The van der Waals surface area contributed by atoms with Gasteiger partial charge >= 0.3 is 35.5 Å². The van der Waals surface area contributed by atoms with E-state index in [4.69, 9.17) is 0 Å². The molecule has 0 N–H and O–H groups in total. The van der Waals surface area contributed by atoms with Crippen LogP contribution in [0.4, 0.5) is 0 Å². The van der Waals surface area contributed by atoms with E-state index in [1.807, 2.05) is 6.92 Å². The smallest absolute Gasteiger partial charge is 0.545 e. The minimum atomic E-state index is -1.40. The van der Waals surface area contributed by atoms with Gasteiger partial charge in [-0.2, -0.15) is 0 Å². The zero-order valence-corrected chi connectivity index (χ0v) is 9.91. The Morgan fingerprint density at radius 2 is 2.00 bits per heavy atom. The van der Waals surface area contributed by atoms with Gasteiger partial charge in [-0.05, 0) is 12.5 Å². The predicted molar refractivity (Wildman–Crippen MR) is 40.0 cm³/mol. The molecule has 0 bridgehead atoms. The van der Waals surface area contributed by atoms with Crippen LogP contribution >= 0.6 is 0 Å². The van der Waals surface area contributed by atoms with Gasteiger partial charge in [-0.25, -0.2) is 4.79 Å². The largest absolute Gasteiger partial charge is 1.00 e. The molecule has 0 aromatic heterocycles. The Hall–Kier alpha value is -0.320. The Kier molecular flexibility index (Phi) is 11.4. The number of rotatable bonds is 5. The molecule has 0 aromatic rings. The fourth-order valence-corrected chi connectivity index (χ4v) is 0.501. The molecule has 0 aromatic carbocycles. The van der Waals surface area contributed by atoms with E-state index in [9.17, 15) is 14.7 Å². The topological polar surface area (TPSA) is 66.4 Å². The number of carboxylic acids is 1. The molecule has 4 nitrogen and oxygen atoms in total. The first-order valence-electron chi connectivity index (χ1n) is 3.72. The minimum absolute atomic E-state index is 0. The molecule has 0 saturated carbocycles. The number of hydrogen-bond donors (Lipinski definition) is 0. The summed E-state index contributed by atoms with van der Waals surface area (Å²) in [7, 11) is 0. The van der Waals surface area contributed by atoms with Crippen LogP contribution in [0.2, 0.25) is 0 Å². The van der Waals surface area contributed by atoms with Gasteiger partial charge in [0.15, 0.2) is 0 Å². The van der Waals surface area contributed by atoms with Crippen LogP contribution in [-0.2, 0) is 14.3 Å². The maximum Gasteiger partial charge on any atom is 1.00 e. The van der Waals surface area contributed by atoms with E-state index in [1.54, 1.807) is 0 Å². The summed E-state index contributed by atoms with van der Waals surface area (Å²) in [5.74, 6) is -2.05. The van der Waals surface area contributed by atoms with Crippen molar-refractivity contribution >= 4 is 11.9 Å². The molecule has 0 fully saturated rings. The van der Waals surface area contributed by atoms with Crippen molar-refractivity contribution in [3.8, 4) is 0 Å². The zero-order chi connectivity index (χ0) is 9.40. The van der Waals surface area contributed by atoms with Gasteiger partial charge in [0.2, 0.25) is 0 Å². The summed E-state index contributed by atoms with van der Waals surface area (Å²) in [5, 5.41) is 9.83. The van der Waals surface area contributed by atoms with Crippen LogP contribution in [0.25, 0.3) is 0 Å². The number of aliphatic carboxylic acids is 1. The molecule has 0 aliphatic carbocycles. The molecule has 5 heteroatoms. The fraction of sp³-hybridized carbons (Fsp3) is 0.500. The molecule has 0 saturated heterocycles. The standard InChI is InChI=1S/C8H12O4.Na/c1-2-3-6-12-8(11)5-4-7(9)10;/h4-5H,2-3,6H2,1H3,(H,9,10);/q;+1/p-1. The summed E-state index contributed by atoms with van der Waals surface area (Å²) in [6.07, 6.45) is 3.20. The van der Waals surface area contributed by atoms with Crippen molar-refractivity contribution < 1.29 is 49.0 Å². The molecule has 0 atom stereocenters. The van der Waals surface area contributed by atoms with Crippen molar-refractivity contribution in [2.75, 3.05) is 6.61 Å². The number of ether oxygens (including phenoxy) is 1. The van der Waals surface area contributed by atoms with Crippen LogP contribution in [0.15, 0.2) is 12.2 Å². The molecule has 0 heterocycles. The zero-order valence-electron chi connectivity index (χ0n) is 7.91. The van der Waals surface area contributed by atoms with Gasteiger partial charge in [-0.1, -0.05) is 13.3 Å². The molecular weight excluding hydrogens is 183 g/mol. The van der Waals surface area contributed by atoms with Crippen LogP contribution in [0, 0.1) is 0 Å². The van der Waals surface area contributed by atoms with Crippen LogP contribution in [0.5, 0.6) is 0 Å². The van der Waals surface area contributed by atoms with Crippen LogP contribution in [0.3, 0.4) is 0 Å². The molecule has 0 radical (unpaired) electrons. The second kappa shape index (κ2) is 9.77. The normalized spacial score (nSPS) is 9.31. The van der Waals surface area contributed by atoms with Crippen LogP contribution < -0.4 is 34.7 Å². The summed E-state index contributed by atoms with van der Waals surface area (Å²) in [6, 6.07) is 0. The van der Waals surface area contributed by atoms with Crippen molar-refractivity contribution in [3.63, 3.8) is 0 Å². The number of carbonyl (C=O) groups excluding carboxylic acids is 2. The molecule has 0 aliphatic heterocycles. The number of esters is 1. The van der Waals surface area contributed by atoms with E-state index in [2.05, 4.69) is 4.74 Å². The number of carbonyl (C=O) groups is 2. The first kappa shape index (κ1) is 15.2.